The van der Waals surface area contributed by atoms with Crippen LogP contribution in [-0.2, 0) is 14.8 Å². The molecule has 0 atom stereocenters. The number of rotatable bonds is 8. The third-order valence-electron chi connectivity index (χ3n) is 5.19. The number of para-hydroxylation sites is 2. The van der Waals surface area contributed by atoms with Crippen LogP contribution < -0.4 is 14.4 Å². The molecule has 0 unspecified atom stereocenters. The average Bonchev–Trinajstić information content (AvgIpc) is 2.84. The topological polar surface area (TPSA) is 75.7 Å². The van der Waals surface area contributed by atoms with Crippen LogP contribution in [0.15, 0.2) is 95.9 Å². The minimum absolute atomic E-state index is 0.0150. The van der Waals surface area contributed by atoms with Crippen LogP contribution in [0.1, 0.15) is 6.92 Å². The fourth-order valence-corrected chi connectivity index (χ4v) is 5.19. The number of nitrogens with one attached hydrogen (secondary N) is 1. The van der Waals surface area contributed by atoms with E-state index >= 15 is 0 Å². The number of nitrogens with zero attached hydrogens (tertiary/aromatic N) is 1. The minimum atomic E-state index is -4.11. The Kier molecular flexibility index (Phi) is 7.05. The van der Waals surface area contributed by atoms with E-state index in [0.717, 1.165) is 15.1 Å². The second-order valence-corrected chi connectivity index (χ2v) is 9.74. The van der Waals surface area contributed by atoms with Gasteiger partial charge in [0, 0.05) is 16.1 Å². The molecular weight excluding hydrogens is 472 g/mol. The molecule has 0 saturated carbocycles. The van der Waals surface area contributed by atoms with Crippen molar-refractivity contribution in [3.8, 4) is 5.75 Å². The van der Waals surface area contributed by atoms with Crippen molar-refractivity contribution in [1.29, 1.82) is 0 Å². The molecule has 0 fully saturated rings. The normalized spacial score (nSPS) is 11.2. The number of sulfonamides is 1. The number of anilines is 2. The number of halogens is 1. The Morgan fingerprint density at radius 3 is 2.35 bits per heavy atom. The van der Waals surface area contributed by atoms with Gasteiger partial charge in [-0.2, -0.15) is 0 Å². The fourth-order valence-electron chi connectivity index (χ4n) is 3.63. The Morgan fingerprint density at radius 1 is 0.912 bits per heavy atom. The third-order valence-corrected chi connectivity index (χ3v) is 7.21. The standard InChI is InChI=1S/C26H23ClN2O4S/c1-2-33-25-13-6-5-12-24(25)29(34(31,32)21-16-14-20(27)15-17-21)18-26(30)28-23-11-7-9-19-8-3-4-10-22(19)23/h3-17H,2,18H2,1H3,(H,28,30). The summed E-state index contributed by atoms with van der Waals surface area (Å²) in [5.41, 5.74) is 0.873. The predicted molar refractivity (Wildman–Crippen MR) is 136 cm³/mol. The number of carbonyl (C=O) groups excluding carboxylic acids is 1. The highest BCUT2D eigenvalue weighted by atomic mass is 35.5. The summed E-state index contributed by atoms with van der Waals surface area (Å²) in [5, 5.41) is 5.10. The van der Waals surface area contributed by atoms with Crippen molar-refractivity contribution in [2.75, 3.05) is 22.8 Å². The van der Waals surface area contributed by atoms with E-state index in [9.17, 15) is 13.2 Å². The van der Waals surface area contributed by atoms with E-state index in [2.05, 4.69) is 5.32 Å². The monoisotopic (exact) mass is 494 g/mol. The average molecular weight is 495 g/mol. The summed E-state index contributed by atoms with van der Waals surface area (Å²) >= 11 is 5.95. The summed E-state index contributed by atoms with van der Waals surface area (Å²) in [6.45, 7) is 1.70. The third kappa shape index (κ3) is 5.00. The van der Waals surface area contributed by atoms with Gasteiger partial charge in [-0.1, -0.05) is 60.1 Å². The highest BCUT2D eigenvalue weighted by Crippen LogP contribution is 2.33. The van der Waals surface area contributed by atoms with E-state index in [1.54, 1.807) is 30.3 Å². The minimum Gasteiger partial charge on any atom is -0.492 e. The molecule has 4 aromatic rings. The number of benzene rings is 4. The smallest absolute Gasteiger partial charge is 0.264 e. The first-order chi connectivity index (χ1) is 16.4. The van der Waals surface area contributed by atoms with Crippen LogP contribution in [-0.4, -0.2) is 27.5 Å². The lowest BCUT2D eigenvalue weighted by atomic mass is 10.1. The van der Waals surface area contributed by atoms with E-state index in [-0.39, 0.29) is 10.6 Å². The van der Waals surface area contributed by atoms with Gasteiger partial charge in [-0.3, -0.25) is 9.10 Å². The van der Waals surface area contributed by atoms with Gasteiger partial charge in [-0.25, -0.2) is 8.42 Å². The Hall–Kier alpha value is -3.55. The molecule has 0 aromatic heterocycles. The van der Waals surface area contributed by atoms with E-state index in [1.807, 2.05) is 43.3 Å². The molecule has 1 amide bonds. The van der Waals surface area contributed by atoms with Crippen LogP contribution in [0.4, 0.5) is 11.4 Å². The molecule has 4 rings (SSSR count). The molecule has 0 radical (unpaired) electrons. The summed E-state index contributed by atoms with van der Waals surface area (Å²) < 4.78 is 34.0. The van der Waals surface area contributed by atoms with Gasteiger partial charge < -0.3 is 10.1 Å². The number of fused-ring (bicyclic) bond motifs is 1. The molecule has 0 aliphatic carbocycles. The van der Waals surface area contributed by atoms with Gasteiger partial charge in [0.25, 0.3) is 10.0 Å². The van der Waals surface area contributed by atoms with E-state index in [1.165, 1.54) is 24.3 Å². The number of ether oxygens (including phenoxy) is 1. The molecule has 0 aliphatic heterocycles. The molecule has 4 aromatic carbocycles. The lowest BCUT2D eigenvalue weighted by Gasteiger charge is -2.26. The Morgan fingerprint density at radius 2 is 1.59 bits per heavy atom. The summed E-state index contributed by atoms with van der Waals surface area (Å²) in [6.07, 6.45) is 0. The van der Waals surface area contributed by atoms with Gasteiger partial charge in [-0.05, 0) is 54.8 Å². The number of amides is 1. The molecule has 8 heteroatoms. The summed E-state index contributed by atoms with van der Waals surface area (Å²) in [4.78, 5) is 13.2. The van der Waals surface area contributed by atoms with Crippen molar-refractivity contribution in [2.24, 2.45) is 0 Å². The van der Waals surface area contributed by atoms with Crippen molar-refractivity contribution in [3.05, 3.63) is 96.0 Å². The van der Waals surface area contributed by atoms with Gasteiger partial charge in [0.2, 0.25) is 5.91 Å². The summed E-state index contributed by atoms with van der Waals surface area (Å²) in [7, 11) is -4.11. The maximum absolute atomic E-state index is 13.6. The second-order valence-electron chi connectivity index (χ2n) is 7.44. The van der Waals surface area contributed by atoms with Gasteiger partial charge in [-0.15, -0.1) is 0 Å². The Bertz CT molecular complexity index is 1420. The van der Waals surface area contributed by atoms with Crippen LogP contribution in [0.3, 0.4) is 0 Å². The van der Waals surface area contributed by atoms with Crippen LogP contribution in [0.5, 0.6) is 5.75 Å². The molecule has 0 saturated heterocycles. The van der Waals surface area contributed by atoms with E-state index in [4.69, 9.17) is 16.3 Å². The van der Waals surface area contributed by atoms with Gasteiger partial charge in [0.15, 0.2) is 0 Å². The maximum Gasteiger partial charge on any atom is 0.264 e. The fraction of sp³-hybridized carbons (Fsp3) is 0.115. The van der Waals surface area contributed by atoms with Crippen molar-refractivity contribution >= 4 is 49.7 Å². The van der Waals surface area contributed by atoms with Crippen molar-refractivity contribution in [3.63, 3.8) is 0 Å². The molecule has 174 valence electrons. The van der Waals surface area contributed by atoms with E-state index < -0.39 is 22.5 Å². The Labute approximate surface area is 203 Å². The summed E-state index contributed by atoms with van der Waals surface area (Å²) in [6, 6.07) is 25.8. The zero-order valence-electron chi connectivity index (χ0n) is 18.4. The molecule has 6 nitrogen and oxygen atoms in total. The second kappa shape index (κ2) is 10.2. The zero-order chi connectivity index (χ0) is 24.1. The quantitative estimate of drug-likeness (QED) is 0.339. The number of hydrogen-bond donors (Lipinski definition) is 1. The van der Waals surface area contributed by atoms with Crippen LogP contribution >= 0.6 is 11.6 Å². The van der Waals surface area contributed by atoms with Crippen LogP contribution in [0.2, 0.25) is 5.02 Å². The first-order valence-electron chi connectivity index (χ1n) is 10.7. The molecule has 0 heterocycles. The maximum atomic E-state index is 13.6. The van der Waals surface area contributed by atoms with Gasteiger partial charge in [0.05, 0.1) is 17.2 Å². The highest BCUT2D eigenvalue weighted by molar-refractivity contribution is 7.92. The predicted octanol–water partition coefficient (Wildman–Crippen LogP) is 5.73. The van der Waals surface area contributed by atoms with Crippen molar-refractivity contribution < 1.29 is 17.9 Å². The number of hydrogen-bond acceptors (Lipinski definition) is 4. The molecule has 0 bridgehead atoms. The van der Waals surface area contributed by atoms with Crippen molar-refractivity contribution in [1.82, 2.24) is 0 Å². The lowest BCUT2D eigenvalue weighted by molar-refractivity contribution is -0.114. The zero-order valence-corrected chi connectivity index (χ0v) is 20.0. The first kappa shape index (κ1) is 23.6. The molecular formula is C26H23ClN2O4S. The van der Waals surface area contributed by atoms with E-state index in [0.29, 0.717) is 23.1 Å². The van der Waals surface area contributed by atoms with Crippen LogP contribution in [0.25, 0.3) is 10.8 Å². The van der Waals surface area contributed by atoms with Gasteiger partial charge >= 0.3 is 0 Å². The molecule has 0 spiro atoms. The SMILES string of the molecule is CCOc1ccccc1N(CC(=O)Nc1cccc2ccccc12)S(=O)(=O)c1ccc(Cl)cc1. The highest BCUT2D eigenvalue weighted by Gasteiger charge is 2.29. The van der Waals surface area contributed by atoms with Gasteiger partial charge in [0.1, 0.15) is 12.3 Å². The molecule has 34 heavy (non-hydrogen) atoms. The number of carbonyl (C=O) groups is 1. The van der Waals surface area contributed by atoms with Crippen LogP contribution in [0, 0.1) is 0 Å². The molecule has 1 N–H and O–H groups in total. The summed E-state index contributed by atoms with van der Waals surface area (Å²) in [5.74, 6) is -0.124. The largest absolute Gasteiger partial charge is 0.492 e. The van der Waals surface area contributed by atoms with Crippen molar-refractivity contribution in [2.45, 2.75) is 11.8 Å². The molecule has 0 aliphatic rings. The first-order valence-corrected chi connectivity index (χ1v) is 12.5. The lowest BCUT2D eigenvalue weighted by Crippen LogP contribution is -2.38. The Balaban J connectivity index is 1.72.